The smallest absolute Gasteiger partial charge is 0.241 e. The number of rotatable bonds is 3. The minimum absolute atomic E-state index is 0.0358. The Bertz CT molecular complexity index is 567. The second-order valence-corrected chi connectivity index (χ2v) is 6.87. The molecule has 2 atom stereocenters. The zero-order valence-electron chi connectivity index (χ0n) is 11.2. The Morgan fingerprint density at radius 2 is 1.61 bits per heavy atom. The highest BCUT2D eigenvalue weighted by molar-refractivity contribution is 7.89. The predicted molar refractivity (Wildman–Crippen MR) is 72.1 cm³/mol. The molecule has 4 nitrogen and oxygen atoms in total. The van der Waals surface area contributed by atoms with Crippen LogP contribution in [0.15, 0.2) is 11.0 Å². The topological polar surface area (TPSA) is 72.2 Å². The van der Waals surface area contributed by atoms with E-state index in [9.17, 15) is 8.42 Å². The highest BCUT2D eigenvalue weighted by atomic mass is 32.2. The van der Waals surface area contributed by atoms with E-state index in [1.165, 1.54) is 0 Å². The average molecular weight is 268 g/mol. The standard InChI is InChI=1S/C13H20N2O2S/c1-7-5-8(2)10(4)13(9(7)3)18(16,17)15-12-6-11(12)14/h5,11-12,15H,6,14H2,1-4H3. The molecule has 100 valence electrons. The molecule has 1 saturated carbocycles. The Balaban J connectivity index is 2.50. The number of benzene rings is 1. The van der Waals surface area contributed by atoms with Crippen molar-refractivity contribution in [2.45, 2.75) is 51.1 Å². The van der Waals surface area contributed by atoms with Gasteiger partial charge in [-0.2, -0.15) is 0 Å². The lowest BCUT2D eigenvalue weighted by Gasteiger charge is -2.16. The Morgan fingerprint density at radius 1 is 1.17 bits per heavy atom. The molecule has 18 heavy (non-hydrogen) atoms. The van der Waals surface area contributed by atoms with Crippen LogP contribution in [0.25, 0.3) is 0 Å². The SMILES string of the molecule is Cc1cc(C)c(C)c(S(=O)(=O)NC2CC2N)c1C. The summed E-state index contributed by atoms with van der Waals surface area (Å²) >= 11 is 0. The molecule has 1 aliphatic rings. The van der Waals surface area contributed by atoms with E-state index in [0.29, 0.717) is 4.90 Å². The summed E-state index contributed by atoms with van der Waals surface area (Å²) in [7, 11) is -3.47. The van der Waals surface area contributed by atoms with E-state index < -0.39 is 10.0 Å². The summed E-state index contributed by atoms with van der Waals surface area (Å²) < 4.78 is 27.5. The van der Waals surface area contributed by atoms with Gasteiger partial charge in [0.2, 0.25) is 10.0 Å². The summed E-state index contributed by atoms with van der Waals surface area (Å²) in [5, 5.41) is 0. The van der Waals surface area contributed by atoms with Crippen molar-refractivity contribution in [3.8, 4) is 0 Å². The van der Waals surface area contributed by atoms with Crippen molar-refractivity contribution in [2.75, 3.05) is 0 Å². The zero-order valence-corrected chi connectivity index (χ0v) is 12.1. The van der Waals surface area contributed by atoms with Gasteiger partial charge < -0.3 is 5.73 Å². The quantitative estimate of drug-likeness (QED) is 0.868. The van der Waals surface area contributed by atoms with Crippen LogP contribution in [0.1, 0.15) is 28.7 Å². The lowest BCUT2D eigenvalue weighted by atomic mass is 10.0. The third-order valence-corrected chi connectivity index (χ3v) is 5.48. The van der Waals surface area contributed by atoms with Crippen LogP contribution in [0.2, 0.25) is 0 Å². The number of hydrogen-bond donors (Lipinski definition) is 2. The maximum atomic E-state index is 12.4. The molecule has 2 rings (SSSR count). The van der Waals surface area contributed by atoms with Crippen LogP contribution >= 0.6 is 0 Å². The van der Waals surface area contributed by atoms with Gasteiger partial charge in [-0.3, -0.25) is 0 Å². The second-order valence-electron chi connectivity index (χ2n) is 5.22. The molecule has 1 aromatic carbocycles. The van der Waals surface area contributed by atoms with E-state index in [2.05, 4.69) is 4.72 Å². The van der Waals surface area contributed by atoms with Gasteiger partial charge in [-0.25, -0.2) is 13.1 Å². The highest BCUT2D eigenvalue weighted by Gasteiger charge is 2.38. The van der Waals surface area contributed by atoms with Gasteiger partial charge in [0.05, 0.1) is 4.90 Å². The first-order chi connectivity index (χ1) is 8.24. The van der Waals surface area contributed by atoms with Gasteiger partial charge in [0, 0.05) is 12.1 Å². The fourth-order valence-electron chi connectivity index (χ4n) is 2.19. The van der Waals surface area contributed by atoms with Crippen LogP contribution in [0.5, 0.6) is 0 Å². The van der Waals surface area contributed by atoms with E-state index in [0.717, 1.165) is 28.7 Å². The van der Waals surface area contributed by atoms with E-state index in [1.807, 2.05) is 33.8 Å². The second kappa shape index (κ2) is 4.33. The largest absolute Gasteiger partial charge is 0.326 e. The van der Waals surface area contributed by atoms with Crippen LogP contribution in [-0.2, 0) is 10.0 Å². The lowest BCUT2D eigenvalue weighted by molar-refractivity contribution is 0.578. The summed E-state index contributed by atoms with van der Waals surface area (Å²) in [4.78, 5) is 0.416. The fraction of sp³-hybridized carbons (Fsp3) is 0.538. The van der Waals surface area contributed by atoms with Crippen molar-refractivity contribution in [1.29, 1.82) is 0 Å². The zero-order chi connectivity index (χ0) is 13.7. The Hall–Kier alpha value is -0.910. The number of hydrogen-bond acceptors (Lipinski definition) is 3. The van der Waals surface area contributed by atoms with E-state index in [4.69, 9.17) is 5.73 Å². The van der Waals surface area contributed by atoms with Gasteiger partial charge in [-0.1, -0.05) is 6.07 Å². The van der Waals surface area contributed by atoms with Crippen molar-refractivity contribution in [2.24, 2.45) is 5.73 Å². The Kier molecular flexibility index (Phi) is 3.25. The molecule has 0 heterocycles. The molecule has 0 saturated heterocycles. The van der Waals surface area contributed by atoms with Crippen LogP contribution < -0.4 is 10.5 Å². The van der Waals surface area contributed by atoms with Crippen molar-refractivity contribution in [3.63, 3.8) is 0 Å². The number of aryl methyl sites for hydroxylation is 2. The predicted octanol–water partition coefficient (Wildman–Crippen LogP) is 1.30. The van der Waals surface area contributed by atoms with Gasteiger partial charge in [0.25, 0.3) is 0 Å². The number of nitrogens with one attached hydrogen (secondary N) is 1. The van der Waals surface area contributed by atoms with Gasteiger partial charge in [-0.05, 0) is 56.4 Å². The summed E-state index contributed by atoms with van der Waals surface area (Å²) in [6, 6.07) is 1.88. The molecule has 0 spiro atoms. The molecule has 1 fully saturated rings. The molecule has 3 N–H and O–H groups in total. The summed E-state index contributed by atoms with van der Waals surface area (Å²) in [6.45, 7) is 7.57. The maximum Gasteiger partial charge on any atom is 0.241 e. The monoisotopic (exact) mass is 268 g/mol. The minimum Gasteiger partial charge on any atom is -0.326 e. The van der Waals surface area contributed by atoms with E-state index in [-0.39, 0.29) is 12.1 Å². The van der Waals surface area contributed by atoms with Crippen molar-refractivity contribution in [3.05, 3.63) is 28.3 Å². The first-order valence-electron chi connectivity index (χ1n) is 6.09. The summed E-state index contributed by atoms with van der Waals surface area (Å²) in [5.41, 5.74) is 9.30. The molecule has 1 aromatic rings. The van der Waals surface area contributed by atoms with Crippen LogP contribution in [0.4, 0.5) is 0 Å². The van der Waals surface area contributed by atoms with E-state index in [1.54, 1.807) is 0 Å². The first kappa shape index (κ1) is 13.5. The molecule has 2 unspecified atom stereocenters. The average Bonchev–Trinajstić information content (AvgIpc) is 2.90. The van der Waals surface area contributed by atoms with Crippen molar-refractivity contribution in [1.82, 2.24) is 4.72 Å². The lowest BCUT2D eigenvalue weighted by Crippen LogP contribution is -2.31. The molecule has 0 aromatic heterocycles. The van der Waals surface area contributed by atoms with Crippen molar-refractivity contribution >= 4 is 10.0 Å². The summed E-state index contributed by atoms with van der Waals surface area (Å²) in [6.07, 6.45) is 0.724. The van der Waals surface area contributed by atoms with Gasteiger partial charge in [-0.15, -0.1) is 0 Å². The number of sulfonamides is 1. The molecule has 5 heteroatoms. The van der Waals surface area contributed by atoms with Crippen molar-refractivity contribution < 1.29 is 8.42 Å². The van der Waals surface area contributed by atoms with Gasteiger partial charge in [0.15, 0.2) is 0 Å². The molecule has 0 radical (unpaired) electrons. The van der Waals surface area contributed by atoms with Crippen LogP contribution in [0.3, 0.4) is 0 Å². The molecule has 1 aliphatic carbocycles. The fourth-order valence-corrected chi connectivity index (χ4v) is 4.11. The maximum absolute atomic E-state index is 12.4. The minimum atomic E-state index is -3.47. The normalized spacial score (nSPS) is 23.2. The van der Waals surface area contributed by atoms with Gasteiger partial charge in [0.1, 0.15) is 0 Å². The third kappa shape index (κ3) is 2.30. The molecular weight excluding hydrogens is 248 g/mol. The molecular formula is C13H20N2O2S. The summed E-state index contributed by atoms with van der Waals surface area (Å²) in [5.74, 6) is 0. The van der Waals surface area contributed by atoms with Crippen LogP contribution in [-0.4, -0.2) is 20.5 Å². The highest BCUT2D eigenvalue weighted by Crippen LogP contribution is 2.28. The molecule has 0 aliphatic heterocycles. The van der Waals surface area contributed by atoms with E-state index >= 15 is 0 Å². The van der Waals surface area contributed by atoms with Crippen LogP contribution in [0, 0.1) is 27.7 Å². The first-order valence-corrected chi connectivity index (χ1v) is 7.57. The Labute approximate surface area is 109 Å². The molecule has 0 amide bonds. The van der Waals surface area contributed by atoms with Gasteiger partial charge >= 0.3 is 0 Å². The third-order valence-electron chi connectivity index (χ3n) is 3.71. The number of nitrogens with two attached hydrogens (primary N) is 1. The molecule has 0 bridgehead atoms. The Morgan fingerprint density at radius 3 is 2.00 bits per heavy atom.